The van der Waals surface area contributed by atoms with Crippen molar-refractivity contribution in [3.63, 3.8) is 0 Å². The van der Waals surface area contributed by atoms with E-state index in [2.05, 4.69) is 10.6 Å². The van der Waals surface area contributed by atoms with Crippen molar-refractivity contribution in [3.05, 3.63) is 82.2 Å². The number of anilines is 3. The van der Waals surface area contributed by atoms with Gasteiger partial charge in [0.2, 0.25) is 0 Å². The van der Waals surface area contributed by atoms with E-state index in [1.807, 2.05) is 73.0 Å². The van der Waals surface area contributed by atoms with Crippen LogP contribution < -0.4 is 20.3 Å². The molecule has 1 aromatic heterocycles. The van der Waals surface area contributed by atoms with Gasteiger partial charge < -0.3 is 15.4 Å². The van der Waals surface area contributed by atoms with Crippen LogP contribution in [0.5, 0.6) is 5.75 Å². The van der Waals surface area contributed by atoms with Crippen LogP contribution in [0, 0.1) is 0 Å². The Kier molecular flexibility index (Phi) is 5.88. The first kappa shape index (κ1) is 21.3. The molecule has 2 heterocycles. The molecule has 7 heteroatoms. The van der Waals surface area contributed by atoms with Gasteiger partial charge in [0, 0.05) is 22.6 Å². The molecule has 33 heavy (non-hydrogen) atoms. The lowest BCUT2D eigenvalue weighted by molar-refractivity contribution is -0.116. The predicted octanol–water partition coefficient (Wildman–Crippen LogP) is 6.36. The summed E-state index contributed by atoms with van der Waals surface area (Å²) in [6, 6.07) is 18.2. The molecule has 0 radical (unpaired) electrons. The number of hydrogen-bond acceptors (Lipinski definition) is 5. The van der Waals surface area contributed by atoms with E-state index in [4.69, 9.17) is 4.74 Å². The van der Waals surface area contributed by atoms with Crippen LogP contribution in [0.3, 0.4) is 0 Å². The van der Waals surface area contributed by atoms with Crippen LogP contribution in [0.25, 0.3) is 0 Å². The van der Waals surface area contributed by atoms with Crippen molar-refractivity contribution in [2.75, 3.05) is 22.1 Å². The van der Waals surface area contributed by atoms with Gasteiger partial charge in [0.25, 0.3) is 0 Å². The normalized spacial score (nSPS) is 17.5. The third-order valence-electron chi connectivity index (χ3n) is 5.90. The number of urea groups is 1. The zero-order valence-electron chi connectivity index (χ0n) is 18.3. The van der Waals surface area contributed by atoms with Gasteiger partial charge in [-0.1, -0.05) is 30.3 Å². The van der Waals surface area contributed by atoms with Gasteiger partial charge in [0.05, 0.1) is 23.7 Å². The number of thiophene rings is 1. The first-order valence-electron chi connectivity index (χ1n) is 11.1. The molecule has 0 unspecified atom stereocenters. The highest BCUT2D eigenvalue weighted by Crippen LogP contribution is 2.46. The number of benzene rings is 2. The van der Waals surface area contributed by atoms with Gasteiger partial charge in [-0.3, -0.25) is 9.69 Å². The molecule has 0 spiro atoms. The molecular formula is C26H25N3O3S. The topological polar surface area (TPSA) is 70.7 Å². The van der Waals surface area contributed by atoms with E-state index in [0.29, 0.717) is 30.0 Å². The monoisotopic (exact) mass is 459 g/mol. The van der Waals surface area contributed by atoms with Gasteiger partial charge in [-0.2, -0.15) is 0 Å². The highest BCUT2D eigenvalue weighted by atomic mass is 32.1. The summed E-state index contributed by atoms with van der Waals surface area (Å²) in [5.74, 6) is 0.693. The standard InChI is InChI=1S/C26H25N3O3S/c1-2-32-22-14-6-4-10-18(22)28-26(31)29-20-12-5-3-9-17(20)27-19-11-7-13-21(30)24(19)25(29)23-15-8-16-33-23/h3-6,8-10,12,14-16,25,27H,2,7,11,13H2,1H3,(H,28,31)/t25-/m0/s1. The Morgan fingerprint density at radius 2 is 1.94 bits per heavy atom. The van der Waals surface area contributed by atoms with Gasteiger partial charge in [-0.15, -0.1) is 11.3 Å². The van der Waals surface area contributed by atoms with Gasteiger partial charge in [-0.05, 0) is 55.5 Å². The number of allylic oxidation sites excluding steroid dienone is 1. The molecular weight excluding hydrogens is 434 g/mol. The molecule has 3 aromatic rings. The average Bonchev–Trinajstić information content (AvgIpc) is 3.30. The summed E-state index contributed by atoms with van der Waals surface area (Å²) >= 11 is 1.55. The van der Waals surface area contributed by atoms with Crippen LogP contribution in [0.2, 0.25) is 0 Å². The van der Waals surface area contributed by atoms with Crippen molar-refractivity contribution in [3.8, 4) is 5.75 Å². The molecule has 2 aliphatic rings. The van der Waals surface area contributed by atoms with E-state index in [1.54, 1.807) is 16.2 Å². The van der Waals surface area contributed by atoms with Crippen LogP contribution in [0.1, 0.15) is 37.1 Å². The van der Waals surface area contributed by atoms with Crippen molar-refractivity contribution in [1.82, 2.24) is 0 Å². The zero-order valence-corrected chi connectivity index (χ0v) is 19.2. The van der Waals surface area contributed by atoms with Crippen LogP contribution >= 0.6 is 11.3 Å². The smallest absolute Gasteiger partial charge is 0.327 e. The quantitative estimate of drug-likeness (QED) is 0.476. The van der Waals surface area contributed by atoms with Crippen molar-refractivity contribution < 1.29 is 14.3 Å². The summed E-state index contributed by atoms with van der Waals surface area (Å²) in [7, 11) is 0. The number of carbonyl (C=O) groups is 2. The molecule has 1 aliphatic heterocycles. The molecule has 6 nitrogen and oxygen atoms in total. The summed E-state index contributed by atoms with van der Waals surface area (Å²) in [6.45, 7) is 2.40. The maximum Gasteiger partial charge on any atom is 0.327 e. The lowest BCUT2D eigenvalue weighted by Gasteiger charge is -2.33. The van der Waals surface area contributed by atoms with E-state index in [9.17, 15) is 9.59 Å². The van der Waals surface area contributed by atoms with Crippen LogP contribution in [-0.4, -0.2) is 18.4 Å². The molecule has 1 atom stereocenters. The number of ketones is 1. The molecule has 0 fully saturated rings. The van der Waals surface area contributed by atoms with Crippen molar-refractivity contribution >= 4 is 40.2 Å². The molecule has 1 aliphatic carbocycles. The third kappa shape index (κ3) is 4.00. The minimum absolute atomic E-state index is 0.0856. The summed E-state index contributed by atoms with van der Waals surface area (Å²) < 4.78 is 5.71. The first-order chi connectivity index (χ1) is 16.2. The average molecular weight is 460 g/mol. The SMILES string of the molecule is CCOc1ccccc1NC(=O)N1c2ccccc2NC2=C(C(=O)CCC2)[C@@H]1c1cccs1. The molecule has 2 aromatic carbocycles. The Morgan fingerprint density at radius 1 is 1.12 bits per heavy atom. The van der Waals surface area contributed by atoms with E-state index in [0.717, 1.165) is 34.8 Å². The third-order valence-corrected chi connectivity index (χ3v) is 6.82. The second-order valence-electron chi connectivity index (χ2n) is 7.96. The second kappa shape index (κ2) is 9.11. The minimum Gasteiger partial charge on any atom is -0.492 e. The Hall–Kier alpha value is -3.58. The van der Waals surface area contributed by atoms with E-state index < -0.39 is 6.04 Å². The number of amides is 2. The fourth-order valence-electron chi connectivity index (χ4n) is 4.50. The van der Waals surface area contributed by atoms with Crippen molar-refractivity contribution in [1.29, 1.82) is 0 Å². The lowest BCUT2D eigenvalue weighted by Crippen LogP contribution is -2.40. The molecule has 2 N–H and O–H groups in total. The highest BCUT2D eigenvalue weighted by Gasteiger charge is 2.40. The fraction of sp³-hybridized carbons (Fsp3) is 0.231. The first-order valence-corrected chi connectivity index (χ1v) is 12.0. The molecule has 0 saturated heterocycles. The minimum atomic E-state index is -0.511. The largest absolute Gasteiger partial charge is 0.492 e. The lowest BCUT2D eigenvalue weighted by atomic mass is 9.88. The van der Waals surface area contributed by atoms with E-state index in [-0.39, 0.29) is 11.8 Å². The van der Waals surface area contributed by atoms with Gasteiger partial charge in [-0.25, -0.2) is 4.79 Å². The Bertz CT molecular complexity index is 1220. The number of ether oxygens (including phenoxy) is 1. The number of para-hydroxylation sites is 4. The molecule has 0 bridgehead atoms. The number of carbonyl (C=O) groups excluding carboxylic acids is 2. The summed E-state index contributed by atoms with van der Waals surface area (Å²) in [6.07, 6.45) is 2.07. The van der Waals surface area contributed by atoms with Gasteiger partial charge >= 0.3 is 6.03 Å². The molecule has 5 rings (SSSR count). The Morgan fingerprint density at radius 3 is 2.76 bits per heavy atom. The summed E-state index contributed by atoms with van der Waals surface area (Å²) in [5, 5.41) is 8.50. The number of nitrogens with one attached hydrogen (secondary N) is 2. The fourth-order valence-corrected chi connectivity index (χ4v) is 5.32. The van der Waals surface area contributed by atoms with Gasteiger partial charge in [0.1, 0.15) is 11.8 Å². The van der Waals surface area contributed by atoms with Crippen molar-refractivity contribution in [2.24, 2.45) is 0 Å². The van der Waals surface area contributed by atoms with Crippen LogP contribution in [0.4, 0.5) is 21.9 Å². The molecule has 2 amide bonds. The Labute approximate surface area is 196 Å². The second-order valence-corrected chi connectivity index (χ2v) is 8.94. The van der Waals surface area contributed by atoms with Gasteiger partial charge in [0.15, 0.2) is 5.78 Å². The summed E-state index contributed by atoms with van der Waals surface area (Å²) in [5.41, 5.74) is 3.71. The highest BCUT2D eigenvalue weighted by molar-refractivity contribution is 7.10. The number of rotatable bonds is 4. The summed E-state index contributed by atoms with van der Waals surface area (Å²) in [4.78, 5) is 29.8. The van der Waals surface area contributed by atoms with E-state index >= 15 is 0 Å². The molecule has 168 valence electrons. The zero-order chi connectivity index (χ0) is 22.8. The number of hydrogen-bond donors (Lipinski definition) is 2. The van der Waals surface area contributed by atoms with Crippen LogP contribution in [-0.2, 0) is 4.79 Å². The maximum absolute atomic E-state index is 13.9. The van der Waals surface area contributed by atoms with Crippen molar-refractivity contribution in [2.45, 2.75) is 32.2 Å². The van der Waals surface area contributed by atoms with E-state index in [1.165, 1.54) is 0 Å². The van der Waals surface area contributed by atoms with Crippen LogP contribution in [0.15, 0.2) is 77.3 Å². The molecule has 0 saturated carbocycles. The number of Topliss-reactive ketones (excluding diaryl/α,β-unsaturated/α-hetero) is 1. The Balaban J connectivity index is 1.65. The number of nitrogens with zero attached hydrogens (tertiary/aromatic N) is 1. The maximum atomic E-state index is 13.9. The predicted molar refractivity (Wildman–Crippen MR) is 132 cm³/mol. The number of fused-ring (bicyclic) bond motifs is 1.